The number of nitro groups is 1. The summed E-state index contributed by atoms with van der Waals surface area (Å²) in [5.74, 6) is 0.790. The van der Waals surface area contributed by atoms with Crippen molar-refractivity contribution in [3.8, 4) is 11.5 Å². The molecule has 1 heterocycles. The average molecular weight is 387 g/mol. The molecule has 9 heteroatoms. The second-order valence-corrected chi connectivity index (χ2v) is 6.07. The third-order valence-electron chi connectivity index (χ3n) is 4.24. The van der Waals surface area contributed by atoms with Gasteiger partial charge in [0, 0.05) is 24.8 Å². The molecule has 148 valence electrons. The van der Waals surface area contributed by atoms with E-state index >= 15 is 0 Å². The highest BCUT2D eigenvalue weighted by Gasteiger charge is 2.22. The smallest absolute Gasteiger partial charge is 0.294 e. The van der Waals surface area contributed by atoms with Crippen molar-refractivity contribution in [2.24, 2.45) is 0 Å². The maximum absolute atomic E-state index is 12.1. The molecule has 28 heavy (non-hydrogen) atoms. The van der Waals surface area contributed by atoms with Crippen LogP contribution in [-0.4, -0.2) is 50.9 Å². The van der Waals surface area contributed by atoms with E-state index < -0.39 is 10.8 Å². The minimum atomic E-state index is -0.450. The Bertz CT molecular complexity index is 834. The van der Waals surface area contributed by atoms with Gasteiger partial charge in [0.25, 0.3) is 11.6 Å². The topological polar surface area (TPSA) is 103 Å². The third kappa shape index (κ3) is 4.89. The summed E-state index contributed by atoms with van der Waals surface area (Å²) in [5.41, 5.74) is 0.795. The summed E-state index contributed by atoms with van der Waals surface area (Å²) < 4.78 is 15.8. The zero-order valence-corrected chi connectivity index (χ0v) is 15.4. The highest BCUT2D eigenvalue weighted by atomic mass is 16.6. The molecule has 0 spiro atoms. The molecule has 2 aromatic carbocycles. The van der Waals surface area contributed by atoms with Crippen molar-refractivity contribution in [1.82, 2.24) is 0 Å². The summed E-state index contributed by atoms with van der Waals surface area (Å²) >= 11 is 0. The quantitative estimate of drug-likeness (QED) is 0.575. The lowest BCUT2D eigenvalue weighted by molar-refractivity contribution is -0.384. The molecule has 0 bridgehead atoms. The summed E-state index contributed by atoms with van der Waals surface area (Å²) in [4.78, 5) is 25.0. The minimum Gasteiger partial charge on any atom is -0.497 e. The molecule has 0 unspecified atom stereocenters. The fraction of sp³-hybridized carbons (Fsp3) is 0.316. The monoisotopic (exact) mass is 387 g/mol. The van der Waals surface area contributed by atoms with E-state index in [0.29, 0.717) is 49.2 Å². The number of benzene rings is 2. The first kappa shape index (κ1) is 19.4. The summed E-state index contributed by atoms with van der Waals surface area (Å²) in [6.07, 6.45) is 0. The van der Waals surface area contributed by atoms with Crippen molar-refractivity contribution in [3.05, 3.63) is 52.6 Å². The average Bonchev–Trinajstić information content (AvgIpc) is 2.73. The van der Waals surface area contributed by atoms with Gasteiger partial charge >= 0.3 is 0 Å². The van der Waals surface area contributed by atoms with Crippen molar-refractivity contribution >= 4 is 23.0 Å². The van der Waals surface area contributed by atoms with Gasteiger partial charge < -0.3 is 24.4 Å². The van der Waals surface area contributed by atoms with Crippen LogP contribution in [0.25, 0.3) is 0 Å². The number of rotatable bonds is 7. The zero-order valence-electron chi connectivity index (χ0n) is 15.4. The van der Waals surface area contributed by atoms with E-state index in [1.165, 1.54) is 6.07 Å². The molecule has 3 rings (SSSR count). The molecule has 0 aliphatic carbocycles. The van der Waals surface area contributed by atoms with Gasteiger partial charge in [-0.15, -0.1) is 0 Å². The molecule has 1 aliphatic heterocycles. The Kier molecular flexibility index (Phi) is 6.28. The Morgan fingerprint density at radius 2 is 1.86 bits per heavy atom. The molecule has 1 amide bonds. The van der Waals surface area contributed by atoms with Crippen molar-refractivity contribution in [3.63, 3.8) is 0 Å². The molecule has 0 radical (unpaired) electrons. The van der Waals surface area contributed by atoms with Crippen molar-refractivity contribution in [1.29, 1.82) is 0 Å². The van der Waals surface area contributed by atoms with Crippen LogP contribution in [0.3, 0.4) is 0 Å². The van der Waals surface area contributed by atoms with Crippen LogP contribution >= 0.6 is 0 Å². The summed E-state index contributed by atoms with van der Waals surface area (Å²) in [6, 6.07) is 11.5. The maximum Gasteiger partial charge on any atom is 0.294 e. The maximum atomic E-state index is 12.1. The molecule has 1 fully saturated rings. The van der Waals surface area contributed by atoms with Crippen molar-refractivity contribution in [2.45, 2.75) is 0 Å². The Hall–Kier alpha value is -3.33. The van der Waals surface area contributed by atoms with Gasteiger partial charge in [0.05, 0.1) is 25.2 Å². The Labute approximate surface area is 162 Å². The summed E-state index contributed by atoms with van der Waals surface area (Å²) in [5, 5.41) is 14.1. The first-order valence-electron chi connectivity index (χ1n) is 8.74. The molecule has 0 atom stereocenters. The number of methoxy groups -OCH3 is 1. The molecule has 1 aliphatic rings. The van der Waals surface area contributed by atoms with Gasteiger partial charge in [-0.05, 0) is 36.4 Å². The predicted molar refractivity (Wildman–Crippen MR) is 103 cm³/mol. The highest BCUT2D eigenvalue weighted by molar-refractivity contribution is 5.92. The van der Waals surface area contributed by atoms with Crippen LogP contribution in [-0.2, 0) is 9.53 Å². The standard InChI is InChI=1S/C19H21N3O6/c1-26-15-3-5-16(6-4-15)28-13-19(23)20-14-2-7-17(18(12-14)22(24)25)21-8-10-27-11-9-21/h2-7,12H,8-11,13H2,1H3,(H,20,23). The summed E-state index contributed by atoms with van der Waals surface area (Å²) in [7, 11) is 1.56. The number of amides is 1. The van der Waals surface area contributed by atoms with Crippen LogP contribution < -0.4 is 19.7 Å². The molecular formula is C19H21N3O6. The second-order valence-electron chi connectivity index (χ2n) is 6.07. The van der Waals surface area contributed by atoms with Crippen LogP contribution in [0.15, 0.2) is 42.5 Å². The number of morpholine rings is 1. The second kappa shape index (κ2) is 9.05. The number of nitrogens with one attached hydrogen (secondary N) is 1. The number of hydrogen-bond donors (Lipinski definition) is 1. The first-order chi connectivity index (χ1) is 13.6. The van der Waals surface area contributed by atoms with Crippen molar-refractivity contribution < 1.29 is 23.9 Å². The number of carbonyl (C=O) groups is 1. The van der Waals surface area contributed by atoms with Gasteiger partial charge in [-0.2, -0.15) is 0 Å². The first-order valence-corrected chi connectivity index (χ1v) is 8.74. The fourth-order valence-electron chi connectivity index (χ4n) is 2.84. The van der Waals surface area contributed by atoms with Gasteiger partial charge in [0.1, 0.15) is 17.2 Å². The van der Waals surface area contributed by atoms with Gasteiger partial charge in [0.15, 0.2) is 6.61 Å². The molecule has 1 N–H and O–H groups in total. The number of carbonyl (C=O) groups excluding carboxylic acids is 1. The zero-order chi connectivity index (χ0) is 19.9. The largest absolute Gasteiger partial charge is 0.497 e. The lowest BCUT2D eigenvalue weighted by atomic mass is 10.2. The Morgan fingerprint density at radius 3 is 2.50 bits per heavy atom. The normalized spacial score (nSPS) is 13.7. The van der Waals surface area contributed by atoms with E-state index in [2.05, 4.69) is 5.32 Å². The third-order valence-corrected chi connectivity index (χ3v) is 4.24. The van der Waals surface area contributed by atoms with Crippen LogP contribution in [0.1, 0.15) is 0 Å². The van der Waals surface area contributed by atoms with E-state index in [1.807, 2.05) is 4.90 Å². The molecule has 0 saturated carbocycles. The predicted octanol–water partition coefficient (Wildman–Crippen LogP) is 2.46. The molecular weight excluding hydrogens is 366 g/mol. The number of nitro benzene ring substituents is 1. The van der Waals surface area contributed by atoms with Gasteiger partial charge in [-0.1, -0.05) is 0 Å². The Balaban J connectivity index is 1.63. The number of hydrogen-bond acceptors (Lipinski definition) is 7. The van der Waals surface area contributed by atoms with Gasteiger partial charge in [-0.3, -0.25) is 14.9 Å². The lowest BCUT2D eigenvalue weighted by Crippen LogP contribution is -2.36. The number of ether oxygens (including phenoxy) is 3. The van der Waals surface area contributed by atoms with E-state index in [9.17, 15) is 14.9 Å². The minimum absolute atomic E-state index is 0.0595. The lowest BCUT2D eigenvalue weighted by Gasteiger charge is -2.28. The van der Waals surface area contributed by atoms with E-state index in [-0.39, 0.29) is 12.3 Å². The van der Waals surface area contributed by atoms with Crippen LogP contribution in [0.5, 0.6) is 11.5 Å². The van der Waals surface area contributed by atoms with Crippen LogP contribution in [0.2, 0.25) is 0 Å². The number of anilines is 2. The summed E-state index contributed by atoms with van der Waals surface area (Å²) in [6.45, 7) is 2.01. The van der Waals surface area contributed by atoms with E-state index in [4.69, 9.17) is 14.2 Å². The van der Waals surface area contributed by atoms with Gasteiger partial charge in [-0.25, -0.2) is 0 Å². The number of nitrogens with zero attached hydrogens (tertiary/aromatic N) is 2. The molecule has 1 saturated heterocycles. The van der Waals surface area contributed by atoms with Crippen LogP contribution in [0, 0.1) is 10.1 Å². The SMILES string of the molecule is COc1ccc(OCC(=O)Nc2ccc(N3CCOCC3)c([N+](=O)[O-])c2)cc1. The van der Waals surface area contributed by atoms with E-state index in [1.54, 1.807) is 43.5 Å². The van der Waals surface area contributed by atoms with Crippen molar-refractivity contribution in [2.75, 3.05) is 50.2 Å². The highest BCUT2D eigenvalue weighted by Crippen LogP contribution is 2.31. The molecule has 0 aromatic heterocycles. The fourth-order valence-corrected chi connectivity index (χ4v) is 2.84. The molecule has 2 aromatic rings. The molecule has 9 nitrogen and oxygen atoms in total. The Morgan fingerprint density at radius 1 is 1.18 bits per heavy atom. The van der Waals surface area contributed by atoms with E-state index in [0.717, 1.165) is 0 Å². The van der Waals surface area contributed by atoms with Gasteiger partial charge in [0.2, 0.25) is 0 Å². The van der Waals surface area contributed by atoms with Crippen LogP contribution in [0.4, 0.5) is 17.1 Å².